The van der Waals surface area contributed by atoms with Crippen molar-refractivity contribution in [1.82, 2.24) is 9.97 Å². The second-order valence-electron chi connectivity index (χ2n) is 12.8. The first kappa shape index (κ1) is 29.0. The lowest BCUT2D eigenvalue weighted by Gasteiger charge is -2.36. The summed E-state index contributed by atoms with van der Waals surface area (Å²) in [4.78, 5) is 35.4. The summed E-state index contributed by atoms with van der Waals surface area (Å²) in [7, 11) is 0. The van der Waals surface area contributed by atoms with Gasteiger partial charge in [0.1, 0.15) is 5.82 Å². The highest BCUT2D eigenvalue weighted by Gasteiger charge is 2.41. The number of anilines is 2. The number of carbonyl (C=O) groups is 2. The summed E-state index contributed by atoms with van der Waals surface area (Å²) in [5.74, 6) is 1.14. The van der Waals surface area contributed by atoms with Crippen LogP contribution in [0.15, 0.2) is 103 Å². The van der Waals surface area contributed by atoms with Gasteiger partial charge in [-0.2, -0.15) is 0 Å². The molecule has 2 aliphatic carbocycles. The maximum absolute atomic E-state index is 13.8. The number of nitrogens with zero attached hydrogens (tertiary/aromatic N) is 1. The van der Waals surface area contributed by atoms with Gasteiger partial charge in [-0.1, -0.05) is 92.8 Å². The van der Waals surface area contributed by atoms with Crippen LogP contribution in [0.25, 0.3) is 22.4 Å². The third-order valence-electron chi connectivity index (χ3n) is 9.96. The maximum Gasteiger partial charge on any atom is 0.235 e. The molecule has 3 N–H and O–H groups in total. The third-order valence-corrected chi connectivity index (χ3v) is 9.96. The van der Waals surface area contributed by atoms with E-state index in [2.05, 4.69) is 52.0 Å². The summed E-state index contributed by atoms with van der Waals surface area (Å²) >= 11 is 0. The van der Waals surface area contributed by atoms with Gasteiger partial charge in [-0.15, -0.1) is 0 Å². The van der Waals surface area contributed by atoms with Gasteiger partial charge in [0, 0.05) is 22.9 Å². The monoisotopic (exact) mass is 596 g/mol. The number of hydrogen-bond donors (Lipinski definition) is 3. The van der Waals surface area contributed by atoms with E-state index in [-0.39, 0.29) is 23.7 Å². The van der Waals surface area contributed by atoms with Gasteiger partial charge in [0.25, 0.3) is 0 Å². The van der Waals surface area contributed by atoms with Gasteiger partial charge in [0.2, 0.25) is 11.8 Å². The maximum atomic E-state index is 13.8. The smallest absolute Gasteiger partial charge is 0.235 e. The number of aromatic nitrogens is 2. The summed E-state index contributed by atoms with van der Waals surface area (Å²) in [5, 5.41) is 6.41. The molecule has 6 heteroatoms. The van der Waals surface area contributed by atoms with Crippen molar-refractivity contribution in [2.45, 2.75) is 69.1 Å². The van der Waals surface area contributed by atoms with E-state index in [4.69, 9.17) is 4.98 Å². The molecule has 228 valence electrons. The number of nitrogens with one attached hydrogen (secondary N) is 3. The number of H-pyrrole nitrogens is 1. The van der Waals surface area contributed by atoms with E-state index >= 15 is 0 Å². The fourth-order valence-electron chi connectivity index (χ4n) is 7.52. The Hall–Kier alpha value is -4.71. The Bertz CT molecular complexity index is 1770. The van der Waals surface area contributed by atoms with Gasteiger partial charge in [-0.3, -0.25) is 9.59 Å². The summed E-state index contributed by atoms with van der Waals surface area (Å²) in [5.41, 5.74) is 6.04. The molecule has 2 atom stereocenters. The zero-order chi connectivity index (χ0) is 30.6. The summed E-state index contributed by atoms with van der Waals surface area (Å²) < 4.78 is 0. The van der Waals surface area contributed by atoms with Crippen molar-refractivity contribution < 1.29 is 9.59 Å². The van der Waals surface area contributed by atoms with Crippen LogP contribution in [0.2, 0.25) is 0 Å². The van der Waals surface area contributed by atoms with Crippen LogP contribution in [0.5, 0.6) is 0 Å². The minimum Gasteiger partial charge on any atom is -0.338 e. The quantitative estimate of drug-likeness (QED) is 0.175. The minimum atomic E-state index is -0.496. The summed E-state index contributed by atoms with van der Waals surface area (Å²) in [6, 6.07) is 34.4. The van der Waals surface area contributed by atoms with Crippen LogP contribution in [0.3, 0.4) is 0 Å². The number of amides is 2. The van der Waals surface area contributed by atoms with Gasteiger partial charge in [0.05, 0.1) is 16.4 Å². The Balaban J connectivity index is 1.05. The molecular formula is C39H40N4O2. The van der Waals surface area contributed by atoms with Crippen LogP contribution in [-0.2, 0) is 15.0 Å². The normalized spacial score (nSPS) is 19.6. The van der Waals surface area contributed by atoms with Crippen molar-refractivity contribution in [2.24, 2.45) is 5.92 Å². The highest BCUT2D eigenvalue weighted by molar-refractivity contribution is 6.00. The lowest BCUT2D eigenvalue weighted by Crippen LogP contribution is -2.42. The van der Waals surface area contributed by atoms with Crippen LogP contribution in [0.1, 0.15) is 74.8 Å². The van der Waals surface area contributed by atoms with Gasteiger partial charge in [-0.05, 0) is 85.2 Å². The molecule has 0 radical (unpaired) electrons. The Labute approximate surface area is 264 Å². The molecule has 7 rings (SSSR count). The largest absolute Gasteiger partial charge is 0.338 e. The van der Waals surface area contributed by atoms with Gasteiger partial charge < -0.3 is 15.6 Å². The van der Waals surface area contributed by atoms with E-state index in [9.17, 15) is 9.59 Å². The Kier molecular flexibility index (Phi) is 8.21. The first-order valence-electron chi connectivity index (χ1n) is 16.4. The van der Waals surface area contributed by atoms with Crippen LogP contribution >= 0.6 is 0 Å². The molecule has 2 unspecified atom stereocenters. The number of hydrogen-bond acceptors (Lipinski definition) is 3. The molecule has 5 aromatic rings. The highest BCUT2D eigenvalue weighted by atomic mass is 16.2. The molecule has 1 heterocycles. The molecule has 0 bridgehead atoms. The minimum absolute atomic E-state index is 0.0217. The zero-order valence-corrected chi connectivity index (χ0v) is 25.6. The molecule has 2 aliphatic rings. The van der Waals surface area contributed by atoms with E-state index in [0.29, 0.717) is 0 Å². The third kappa shape index (κ3) is 6.02. The Morgan fingerprint density at radius 2 is 1.40 bits per heavy atom. The lowest BCUT2D eigenvalue weighted by atomic mass is 9.68. The average molecular weight is 597 g/mol. The van der Waals surface area contributed by atoms with Crippen molar-refractivity contribution in [3.8, 4) is 11.4 Å². The molecule has 4 aromatic carbocycles. The summed E-state index contributed by atoms with van der Waals surface area (Å²) in [6.07, 6.45) is 9.24. The zero-order valence-electron chi connectivity index (χ0n) is 25.6. The molecule has 0 aliphatic heterocycles. The van der Waals surface area contributed by atoms with Crippen LogP contribution in [0.4, 0.5) is 11.4 Å². The molecule has 45 heavy (non-hydrogen) atoms. The predicted octanol–water partition coefficient (Wildman–Crippen LogP) is 8.98. The first-order chi connectivity index (χ1) is 22.1. The van der Waals surface area contributed by atoms with Crippen molar-refractivity contribution in [3.63, 3.8) is 0 Å². The fourth-order valence-corrected chi connectivity index (χ4v) is 7.52. The Morgan fingerprint density at radius 3 is 2.16 bits per heavy atom. The van der Waals surface area contributed by atoms with Gasteiger partial charge >= 0.3 is 0 Å². The van der Waals surface area contributed by atoms with Crippen molar-refractivity contribution in [1.29, 1.82) is 0 Å². The Morgan fingerprint density at radius 1 is 0.711 bits per heavy atom. The summed E-state index contributed by atoms with van der Waals surface area (Å²) in [6.45, 7) is 0. The molecule has 6 nitrogen and oxygen atoms in total. The van der Waals surface area contributed by atoms with Crippen molar-refractivity contribution in [2.75, 3.05) is 10.6 Å². The molecule has 0 saturated heterocycles. The molecule has 2 saturated carbocycles. The SMILES string of the molecule is O=C(Nc1ccc(-c2nc3ccc(NC(=O)C4(c5ccccc5)CCCCC4)cc3[nH]2)cc1)C1CCCCC1c1ccccc1. The number of carbonyl (C=O) groups excluding carboxylic acids is 2. The molecule has 2 amide bonds. The molecule has 1 aromatic heterocycles. The van der Waals surface area contributed by atoms with Crippen LogP contribution < -0.4 is 10.6 Å². The molecular weight excluding hydrogens is 556 g/mol. The number of imidazole rings is 1. The second kappa shape index (κ2) is 12.7. The van der Waals surface area contributed by atoms with E-state index in [1.54, 1.807) is 0 Å². The van der Waals surface area contributed by atoms with Crippen LogP contribution in [-0.4, -0.2) is 21.8 Å². The van der Waals surface area contributed by atoms with E-state index in [0.717, 1.165) is 90.7 Å². The van der Waals surface area contributed by atoms with E-state index in [1.807, 2.05) is 66.7 Å². The van der Waals surface area contributed by atoms with Gasteiger partial charge in [-0.25, -0.2) is 4.98 Å². The standard InChI is InChI=1S/C39H40N4O2/c44-37(33-17-9-8-16-32(33)27-12-4-1-5-13-27)40-30-20-18-28(19-21-30)36-42-34-23-22-31(26-35(34)43-36)41-38(45)39(24-10-3-11-25-39)29-14-6-2-7-15-29/h1-2,4-7,12-15,18-23,26,32-33H,3,8-11,16-17,24-25H2,(H,40,44)(H,41,45)(H,42,43). The number of fused-ring (bicyclic) bond motifs is 1. The molecule has 2 fully saturated rings. The van der Waals surface area contributed by atoms with Crippen LogP contribution in [0, 0.1) is 5.92 Å². The van der Waals surface area contributed by atoms with E-state index in [1.165, 1.54) is 12.0 Å². The van der Waals surface area contributed by atoms with Gasteiger partial charge in [0.15, 0.2) is 0 Å². The number of aromatic amines is 1. The first-order valence-corrected chi connectivity index (χ1v) is 16.4. The highest BCUT2D eigenvalue weighted by Crippen LogP contribution is 2.41. The van der Waals surface area contributed by atoms with E-state index < -0.39 is 5.41 Å². The average Bonchev–Trinajstić information content (AvgIpc) is 3.53. The number of benzene rings is 4. The predicted molar refractivity (Wildman–Crippen MR) is 181 cm³/mol. The topological polar surface area (TPSA) is 86.9 Å². The molecule has 0 spiro atoms. The van der Waals surface area contributed by atoms with Crippen molar-refractivity contribution in [3.05, 3.63) is 114 Å². The van der Waals surface area contributed by atoms with Crippen molar-refractivity contribution >= 4 is 34.2 Å². The lowest BCUT2D eigenvalue weighted by molar-refractivity contribution is -0.123. The number of rotatable bonds is 7. The second-order valence-corrected chi connectivity index (χ2v) is 12.8. The fraction of sp³-hybridized carbons (Fsp3) is 0.308.